The molecule has 112 valence electrons. The lowest BCUT2D eigenvalue weighted by molar-refractivity contribution is 0.0697. The highest BCUT2D eigenvalue weighted by molar-refractivity contribution is 7.24. The van der Waals surface area contributed by atoms with Gasteiger partial charge in [-0.25, -0.2) is 4.79 Å². The first kappa shape index (κ1) is 14.5. The van der Waals surface area contributed by atoms with E-state index >= 15 is 0 Å². The summed E-state index contributed by atoms with van der Waals surface area (Å²) in [6, 6.07) is 10.5. The van der Waals surface area contributed by atoms with Crippen molar-refractivity contribution in [2.75, 3.05) is 18.5 Å². The Morgan fingerprint density at radius 3 is 2.59 bits per heavy atom. The fourth-order valence-electron chi connectivity index (χ4n) is 2.40. The van der Waals surface area contributed by atoms with E-state index in [-0.39, 0.29) is 11.0 Å². The minimum absolute atomic E-state index is 0.0490. The number of hydrogen-bond acceptors (Lipinski definition) is 4. The molecular formula is C17H15NO3S. The SMILES string of the molecule is CCN(C)c1ccc2sc3cc(C(=O)O)ccc3c(=O)c2c1. The monoisotopic (exact) mass is 313 g/mol. The fraction of sp³-hybridized carbons (Fsp3) is 0.176. The lowest BCUT2D eigenvalue weighted by atomic mass is 10.1. The Balaban J connectivity index is 2.31. The molecule has 0 unspecified atom stereocenters. The first-order valence-electron chi connectivity index (χ1n) is 6.96. The van der Waals surface area contributed by atoms with Crippen molar-refractivity contribution in [3.8, 4) is 0 Å². The summed E-state index contributed by atoms with van der Waals surface area (Å²) in [7, 11) is 1.98. The van der Waals surface area contributed by atoms with Gasteiger partial charge in [-0.3, -0.25) is 4.79 Å². The van der Waals surface area contributed by atoms with Crippen LogP contribution in [0, 0.1) is 0 Å². The van der Waals surface area contributed by atoms with E-state index in [0.717, 1.165) is 16.9 Å². The van der Waals surface area contributed by atoms with Crippen LogP contribution in [0.4, 0.5) is 5.69 Å². The standard InChI is InChI=1S/C17H15NO3S/c1-3-18(2)11-5-7-14-13(9-11)16(19)12-6-4-10(17(20)21)8-15(12)22-14/h4-9H,3H2,1-2H3,(H,20,21). The van der Waals surface area contributed by atoms with Crippen LogP contribution in [-0.2, 0) is 0 Å². The maximum atomic E-state index is 12.7. The molecule has 0 fully saturated rings. The average molecular weight is 313 g/mol. The summed E-state index contributed by atoms with van der Waals surface area (Å²) in [4.78, 5) is 25.8. The average Bonchev–Trinajstić information content (AvgIpc) is 2.53. The van der Waals surface area contributed by atoms with Gasteiger partial charge in [0, 0.05) is 39.5 Å². The molecule has 3 rings (SSSR count). The number of carbonyl (C=O) groups is 1. The number of hydrogen-bond donors (Lipinski definition) is 1. The second-order valence-electron chi connectivity index (χ2n) is 5.14. The first-order chi connectivity index (χ1) is 10.5. The van der Waals surface area contributed by atoms with Crippen LogP contribution in [0.2, 0.25) is 0 Å². The van der Waals surface area contributed by atoms with Crippen LogP contribution in [0.5, 0.6) is 0 Å². The molecule has 0 saturated heterocycles. The van der Waals surface area contributed by atoms with Gasteiger partial charge in [-0.05, 0) is 43.3 Å². The number of benzene rings is 2. The van der Waals surface area contributed by atoms with Crippen molar-refractivity contribution in [2.24, 2.45) is 0 Å². The van der Waals surface area contributed by atoms with Gasteiger partial charge in [0.15, 0.2) is 5.43 Å². The van der Waals surface area contributed by atoms with Gasteiger partial charge < -0.3 is 10.0 Å². The summed E-state index contributed by atoms with van der Waals surface area (Å²) in [6.45, 7) is 2.91. The van der Waals surface area contributed by atoms with Gasteiger partial charge in [0.1, 0.15) is 0 Å². The van der Waals surface area contributed by atoms with Crippen molar-refractivity contribution < 1.29 is 9.90 Å². The van der Waals surface area contributed by atoms with E-state index in [1.54, 1.807) is 12.1 Å². The minimum Gasteiger partial charge on any atom is -0.478 e. The van der Waals surface area contributed by atoms with Crippen LogP contribution in [0.15, 0.2) is 41.2 Å². The topological polar surface area (TPSA) is 57.6 Å². The van der Waals surface area contributed by atoms with Gasteiger partial charge in [0.05, 0.1) is 5.56 Å². The Kier molecular flexibility index (Phi) is 3.58. The third-order valence-corrected chi connectivity index (χ3v) is 4.95. The second kappa shape index (κ2) is 5.42. The summed E-state index contributed by atoms with van der Waals surface area (Å²) in [5.41, 5.74) is 1.15. The lowest BCUT2D eigenvalue weighted by Gasteiger charge is -2.17. The molecule has 0 bridgehead atoms. The number of fused-ring (bicyclic) bond motifs is 2. The Bertz CT molecular complexity index is 946. The highest BCUT2D eigenvalue weighted by Gasteiger charge is 2.10. The zero-order valence-corrected chi connectivity index (χ0v) is 13.1. The highest BCUT2D eigenvalue weighted by atomic mass is 32.1. The zero-order chi connectivity index (χ0) is 15.9. The van der Waals surface area contributed by atoms with Gasteiger partial charge in [-0.15, -0.1) is 11.3 Å². The van der Waals surface area contributed by atoms with Crippen LogP contribution in [0.3, 0.4) is 0 Å². The van der Waals surface area contributed by atoms with Crippen LogP contribution >= 0.6 is 11.3 Å². The number of carboxylic acids is 1. The summed E-state index contributed by atoms with van der Waals surface area (Å²) >= 11 is 1.44. The molecule has 5 heteroatoms. The van der Waals surface area contributed by atoms with Gasteiger partial charge in [0.2, 0.25) is 0 Å². The Morgan fingerprint density at radius 1 is 1.14 bits per heavy atom. The maximum absolute atomic E-state index is 12.7. The molecule has 0 aliphatic carbocycles. The van der Waals surface area contributed by atoms with Crippen LogP contribution < -0.4 is 10.3 Å². The number of anilines is 1. The van der Waals surface area contributed by atoms with Crippen LogP contribution in [-0.4, -0.2) is 24.7 Å². The summed E-state index contributed by atoms with van der Waals surface area (Å²) in [5, 5.41) is 10.3. The number of aromatic carboxylic acids is 1. The Hall–Kier alpha value is -2.40. The van der Waals surface area contributed by atoms with Gasteiger partial charge >= 0.3 is 5.97 Å². The molecule has 2 aromatic carbocycles. The van der Waals surface area contributed by atoms with E-state index < -0.39 is 5.97 Å². The Labute approximate surface area is 131 Å². The van der Waals surface area contributed by atoms with Crippen molar-refractivity contribution in [3.05, 3.63) is 52.2 Å². The smallest absolute Gasteiger partial charge is 0.335 e. The molecule has 0 spiro atoms. The molecule has 3 aromatic rings. The lowest BCUT2D eigenvalue weighted by Crippen LogP contribution is -2.16. The van der Waals surface area contributed by atoms with Crippen molar-refractivity contribution in [3.63, 3.8) is 0 Å². The van der Waals surface area contributed by atoms with E-state index in [1.165, 1.54) is 17.4 Å². The number of carboxylic acid groups (broad SMARTS) is 1. The van der Waals surface area contributed by atoms with Gasteiger partial charge in [-0.2, -0.15) is 0 Å². The van der Waals surface area contributed by atoms with Crippen molar-refractivity contribution in [1.29, 1.82) is 0 Å². The summed E-state index contributed by atoms with van der Waals surface area (Å²) < 4.78 is 1.57. The molecule has 22 heavy (non-hydrogen) atoms. The molecule has 0 atom stereocenters. The molecule has 1 heterocycles. The van der Waals surface area contributed by atoms with E-state index in [9.17, 15) is 9.59 Å². The molecule has 1 aromatic heterocycles. The second-order valence-corrected chi connectivity index (χ2v) is 6.23. The normalized spacial score (nSPS) is 11.0. The summed E-state index contributed by atoms with van der Waals surface area (Å²) in [5.74, 6) is -0.985. The van der Waals surface area contributed by atoms with E-state index in [0.29, 0.717) is 15.5 Å². The molecule has 4 nitrogen and oxygen atoms in total. The molecule has 0 saturated carbocycles. The van der Waals surface area contributed by atoms with Crippen LogP contribution in [0.1, 0.15) is 17.3 Å². The zero-order valence-electron chi connectivity index (χ0n) is 12.3. The third kappa shape index (κ3) is 2.33. The summed E-state index contributed by atoms with van der Waals surface area (Å²) in [6.07, 6.45) is 0. The Morgan fingerprint density at radius 2 is 1.91 bits per heavy atom. The predicted molar refractivity (Wildman–Crippen MR) is 91.5 cm³/mol. The highest BCUT2D eigenvalue weighted by Crippen LogP contribution is 2.28. The van der Waals surface area contributed by atoms with Crippen LogP contribution in [0.25, 0.3) is 20.2 Å². The van der Waals surface area contributed by atoms with E-state index in [1.807, 2.05) is 25.2 Å². The van der Waals surface area contributed by atoms with Crippen molar-refractivity contribution in [1.82, 2.24) is 0 Å². The largest absolute Gasteiger partial charge is 0.478 e. The predicted octanol–water partition coefficient (Wildman–Crippen LogP) is 3.57. The third-order valence-electron chi connectivity index (χ3n) is 3.82. The molecule has 1 N–H and O–H groups in total. The van der Waals surface area contributed by atoms with Crippen molar-refractivity contribution in [2.45, 2.75) is 6.92 Å². The van der Waals surface area contributed by atoms with E-state index in [4.69, 9.17) is 5.11 Å². The molecule has 0 amide bonds. The molecule has 0 aliphatic rings. The molecule has 0 aliphatic heterocycles. The fourth-order valence-corrected chi connectivity index (χ4v) is 3.49. The molecular weight excluding hydrogens is 298 g/mol. The van der Waals surface area contributed by atoms with E-state index in [2.05, 4.69) is 11.8 Å². The van der Waals surface area contributed by atoms with Crippen molar-refractivity contribution >= 4 is 43.2 Å². The number of nitrogens with zero attached hydrogens (tertiary/aromatic N) is 1. The minimum atomic E-state index is -0.985. The first-order valence-corrected chi connectivity index (χ1v) is 7.78. The van der Waals surface area contributed by atoms with Gasteiger partial charge in [-0.1, -0.05) is 0 Å². The number of rotatable bonds is 3. The molecule has 0 radical (unpaired) electrons. The quantitative estimate of drug-likeness (QED) is 0.751. The van der Waals surface area contributed by atoms with Gasteiger partial charge in [0.25, 0.3) is 0 Å². The maximum Gasteiger partial charge on any atom is 0.335 e.